The van der Waals surface area contributed by atoms with Crippen LogP contribution in [-0.2, 0) is 27.2 Å². The Morgan fingerprint density at radius 1 is 1.33 bits per heavy atom. The van der Waals surface area contributed by atoms with Crippen LogP contribution in [0.1, 0.15) is 50.2 Å². The minimum absolute atomic E-state index is 0.00770. The SMILES string of the molecule is CCCC[C@H](NC(=O)CCCc1ccc2c(c1)CC(=O)N2)C(=O)O. The normalized spacial score (nSPS) is 14.0. The van der Waals surface area contributed by atoms with Crippen molar-refractivity contribution in [1.82, 2.24) is 5.32 Å². The van der Waals surface area contributed by atoms with Gasteiger partial charge in [-0.25, -0.2) is 4.79 Å². The Morgan fingerprint density at radius 3 is 2.83 bits per heavy atom. The van der Waals surface area contributed by atoms with Crippen molar-refractivity contribution in [3.05, 3.63) is 29.3 Å². The minimum Gasteiger partial charge on any atom is -0.480 e. The van der Waals surface area contributed by atoms with Crippen LogP contribution in [0.25, 0.3) is 0 Å². The van der Waals surface area contributed by atoms with Crippen LogP contribution in [0.3, 0.4) is 0 Å². The number of hydrogen-bond acceptors (Lipinski definition) is 3. The number of unbranched alkanes of at least 4 members (excludes halogenated alkanes) is 1. The molecule has 6 heteroatoms. The van der Waals surface area contributed by atoms with E-state index in [-0.39, 0.29) is 11.8 Å². The van der Waals surface area contributed by atoms with Crippen molar-refractivity contribution in [2.24, 2.45) is 0 Å². The van der Waals surface area contributed by atoms with Gasteiger partial charge in [0.05, 0.1) is 6.42 Å². The van der Waals surface area contributed by atoms with Crippen molar-refractivity contribution in [2.45, 2.75) is 57.9 Å². The van der Waals surface area contributed by atoms with Crippen molar-refractivity contribution in [3.63, 3.8) is 0 Å². The molecular formula is C18H24N2O4. The fourth-order valence-corrected chi connectivity index (χ4v) is 2.82. The summed E-state index contributed by atoms with van der Waals surface area (Å²) in [5.74, 6) is -1.20. The molecule has 0 fully saturated rings. The van der Waals surface area contributed by atoms with Crippen LogP contribution in [0.5, 0.6) is 0 Å². The molecular weight excluding hydrogens is 308 g/mol. The molecule has 24 heavy (non-hydrogen) atoms. The van der Waals surface area contributed by atoms with Gasteiger partial charge in [0.2, 0.25) is 11.8 Å². The molecule has 6 nitrogen and oxygen atoms in total. The smallest absolute Gasteiger partial charge is 0.326 e. The molecule has 0 spiro atoms. The van der Waals surface area contributed by atoms with E-state index < -0.39 is 12.0 Å². The molecule has 2 amide bonds. The summed E-state index contributed by atoms with van der Waals surface area (Å²) in [6.07, 6.45) is 4.21. The molecule has 130 valence electrons. The molecule has 0 aromatic heterocycles. The standard InChI is InChI=1S/C18H24N2O4/c1-2-3-6-15(18(23)24)20-16(21)7-4-5-12-8-9-14-13(10-12)11-17(22)19-14/h8-10,15H,2-7,11H2,1H3,(H,19,22)(H,20,21)(H,23,24)/t15-/m0/s1. The molecule has 1 atom stereocenters. The van der Waals surface area contributed by atoms with Gasteiger partial charge in [0, 0.05) is 12.1 Å². The van der Waals surface area contributed by atoms with Crippen molar-refractivity contribution in [1.29, 1.82) is 0 Å². The van der Waals surface area contributed by atoms with Gasteiger partial charge in [0.25, 0.3) is 0 Å². The summed E-state index contributed by atoms with van der Waals surface area (Å²) in [6, 6.07) is 5.03. The summed E-state index contributed by atoms with van der Waals surface area (Å²) in [6.45, 7) is 1.99. The Balaban J connectivity index is 1.77. The van der Waals surface area contributed by atoms with E-state index in [0.29, 0.717) is 25.7 Å². The fourth-order valence-electron chi connectivity index (χ4n) is 2.82. The van der Waals surface area contributed by atoms with Crippen LogP contribution in [0, 0.1) is 0 Å². The average molecular weight is 332 g/mol. The lowest BCUT2D eigenvalue weighted by molar-refractivity contribution is -0.142. The zero-order valence-corrected chi connectivity index (χ0v) is 13.9. The van der Waals surface area contributed by atoms with Crippen LogP contribution in [-0.4, -0.2) is 28.9 Å². The van der Waals surface area contributed by atoms with E-state index in [1.165, 1.54) is 0 Å². The Hall–Kier alpha value is -2.37. The summed E-state index contributed by atoms with van der Waals surface area (Å²) in [7, 11) is 0. The molecule has 2 rings (SSSR count). The number of aliphatic carboxylic acids is 1. The molecule has 0 unspecified atom stereocenters. The van der Waals surface area contributed by atoms with Crippen molar-refractivity contribution < 1.29 is 19.5 Å². The van der Waals surface area contributed by atoms with E-state index in [1.807, 2.05) is 25.1 Å². The third-order valence-electron chi connectivity index (χ3n) is 4.14. The maximum atomic E-state index is 11.9. The van der Waals surface area contributed by atoms with Crippen molar-refractivity contribution >= 4 is 23.5 Å². The summed E-state index contributed by atoms with van der Waals surface area (Å²) < 4.78 is 0. The van der Waals surface area contributed by atoms with E-state index in [0.717, 1.165) is 36.1 Å². The van der Waals surface area contributed by atoms with Crippen LogP contribution in [0.2, 0.25) is 0 Å². The highest BCUT2D eigenvalue weighted by molar-refractivity contribution is 5.99. The second-order valence-electron chi connectivity index (χ2n) is 6.17. The number of carboxylic acid groups (broad SMARTS) is 1. The first-order chi connectivity index (χ1) is 11.5. The number of amides is 2. The lowest BCUT2D eigenvalue weighted by Gasteiger charge is -2.14. The van der Waals surface area contributed by atoms with Gasteiger partial charge in [0.15, 0.2) is 0 Å². The molecule has 1 aromatic rings. The van der Waals surface area contributed by atoms with E-state index in [1.54, 1.807) is 0 Å². The number of hydrogen-bond donors (Lipinski definition) is 3. The van der Waals surface area contributed by atoms with Crippen LogP contribution in [0.4, 0.5) is 5.69 Å². The summed E-state index contributed by atoms with van der Waals surface area (Å²) in [4.78, 5) is 34.4. The highest BCUT2D eigenvalue weighted by Gasteiger charge is 2.19. The number of nitrogens with one attached hydrogen (secondary N) is 2. The molecule has 0 radical (unpaired) electrons. The van der Waals surface area contributed by atoms with Gasteiger partial charge in [-0.15, -0.1) is 0 Å². The predicted molar refractivity (Wildman–Crippen MR) is 90.8 cm³/mol. The van der Waals surface area contributed by atoms with Gasteiger partial charge >= 0.3 is 5.97 Å². The maximum absolute atomic E-state index is 11.9. The van der Waals surface area contributed by atoms with Crippen LogP contribution in [0.15, 0.2) is 18.2 Å². The summed E-state index contributed by atoms with van der Waals surface area (Å²) >= 11 is 0. The van der Waals surface area contributed by atoms with Gasteiger partial charge in [-0.2, -0.15) is 0 Å². The van der Waals surface area contributed by atoms with E-state index >= 15 is 0 Å². The van der Waals surface area contributed by atoms with Gasteiger partial charge in [-0.1, -0.05) is 31.9 Å². The number of carbonyl (C=O) groups excluding carboxylic acids is 2. The Kier molecular flexibility index (Phi) is 6.35. The molecule has 1 aromatic carbocycles. The second kappa shape index (κ2) is 8.47. The summed E-state index contributed by atoms with van der Waals surface area (Å²) in [5, 5.41) is 14.5. The van der Waals surface area contributed by atoms with Gasteiger partial charge < -0.3 is 15.7 Å². The molecule has 0 saturated carbocycles. The van der Waals surface area contributed by atoms with Crippen molar-refractivity contribution in [3.8, 4) is 0 Å². The Bertz CT molecular complexity index is 627. The van der Waals surface area contributed by atoms with Gasteiger partial charge in [-0.3, -0.25) is 9.59 Å². The monoisotopic (exact) mass is 332 g/mol. The fraction of sp³-hybridized carbons (Fsp3) is 0.500. The van der Waals surface area contributed by atoms with Crippen LogP contribution >= 0.6 is 0 Å². The number of anilines is 1. The molecule has 1 heterocycles. The number of rotatable bonds is 9. The van der Waals surface area contributed by atoms with Crippen LogP contribution < -0.4 is 10.6 Å². The number of carboxylic acids is 1. The molecule has 1 aliphatic rings. The maximum Gasteiger partial charge on any atom is 0.326 e. The first kappa shape index (κ1) is 18.0. The minimum atomic E-state index is -0.979. The zero-order valence-electron chi connectivity index (χ0n) is 13.9. The third-order valence-corrected chi connectivity index (χ3v) is 4.14. The largest absolute Gasteiger partial charge is 0.480 e. The molecule has 0 aliphatic carbocycles. The molecule has 3 N–H and O–H groups in total. The quantitative estimate of drug-likeness (QED) is 0.646. The average Bonchev–Trinajstić information content (AvgIpc) is 2.90. The Morgan fingerprint density at radius 2 is 2.12 bits per heavy atom. The highest BCUT2D eigenvalue weighted by atomic mass is 16.4. The first-order valence-electron chi connectivity index (χ1n) is 8.43. The lowest BCUT2D eigenvalue weighted by atomic mass is 10.0. The number of carbonyl (C=O) groups is 3. The number of aryl methyl sites for hydroxylation is 1. The number of fused-ring (bicyclic) bond motifs is 1. The second-order valence-corrected chi connectivity index (χ2v) is 6.17. The van der Waals surface area contributed by atoms with Gasteiger partial charge in [0.1, 0.15) is 6.04 Å². The third kappa shape index (κ3) is 5.08. The van der Waals surface area contributed by atoms with E-state index in [9.17, 15) is 14.4 Å². The van der Waals surface area contributed by atoms with E-state index in [2.05, 4.69) is 10.6 Å². The number of benzene rings is 1. The lowest BCUT2D eigenvalue weighted by Crippen LogP contribution is -2.40. The zero-order chi connectivity index (χ0) is 17.5. The predicted octanol–water partition coefficient (Wildman–Crippen LogP) is 2.26. The first-order valence-corrected chi connectivity index (χ1v) is 8.43. The molecule has 0 saturated heterocycles. The molecule has 0 bridgehead atoms. The summed E-state index contributed by atoms with van der Waals surface area (Å²) in [5.41, 5.74) is 2.94. The van der Waals surface area contributed by atoms with Gasteiger partial charge in [-0.05, 0) is 36.5 Å². The van der Waals surface area contributed by atoms with Crippen molar-refractivity contribution in [2.75, 3.05) is 5.32 Å². The Labute approximate surface area is 141 Å². The topological polar surface area (TPSA) is 95.5 Å². The molecule has 1 aliphatic heterocycles. The highest BCUT2D eigenvalue weighted by Crippen LogP contribution is 2.24. The van der Waals surface area contributed by atoms with E-state index in [4.69, 9.17) is 5.11 Å².